The molecule has 0 saturated carbocycles. The van der Waals surface area contributed by atoms with Crippen LogP contribution >= 0.6 is 0 Å². The summed E-state index contributed by atoms with van der Waals surface area (Å²) in [5, 5.41) is 16.8. The van der Waals surface area contributed by atoms with Gasteiger partial charge in [0, 0.05) is 13.3 Å². The molecule has 1 atom stereocenters. The fourth-order valence-corrected chi connectivity index (χ4v) is 1.79. The first kappa shape index (κ1) is 28.7. The van der Waals surface area contributed by atoms with Crippen molar-refractivity contribution in [2.45, 2.75) is 111 Å². The van der Waals surface area contributed by atoms with Crippen molar-refractivity contribution in [1.29, 1.82) is 0 Å². The minimum absolute atomic E-state index is 0.116. The Bertz CT molecular complexity index is 277. The molecular weight excluding hydrogens is 320 g/mol. The van der Waals surface area contributed by atoms with Gasteiger partial charge < -0.3 is 14.9 Å². The Morgan fingerprint density at radius 2 is 1.28 bits per heavy atom. The Kier molecular flexibility index (Phi) is 28.9. The summed E-state index contributed by atoms with van der Waals surface area (Å²) in [4.78, 5) is 20.0. The minimum atomic E-state index is -0.659. The van der Waals surface area contributed by atoms with Gasteiger partial charge in [0.15, 0.2) is 0 Å². The number of esters is 1. The third-order valence-electron chi connectivity index (χ3n) is 3.43. The second-order valence-electron chi connectivity index (χ2n) is 6.15. The van der Waals surface area contributed by atoms with Gasteiger partial charge in [0.05, 0.1) is 12.7 Å². The Labute approximate surface area is 155 Å². The number of unbranched alkanes of at least 4 members (excludes halogenated alkanes) is 8. The lowest BCUT2D eigenvalue weighted by Crippen LogP contribution is -1.95. The lowest BCUT2D eigenvalue weighted by atomic mass is 10.1. The van der Waals surface area contributed by atoms with Crippen LogP contribution in [-0.4, -0.2) is 34.9 Å². The Morgan fingerprint density at radius 3 is 1.52 bits per heavy atom. The van der Waals surface area contributed by atoms with E-state index in [1.165, 1.54) is 51.9 Å². The normalized spacial score (nSPS) is 10.6. The third-order valence-corrected chi connectivity index (χ3v) is 3.43. The highest BCUT2D eigenvalue weighted by Crippen LogP contribution is 2.10. The number of ether oxygens (including phenoxy) is 1. The number of hydrogen-bond acceptors (Lipinski definition) is 4. The van der Waals surface area contributed by atoms with Crippen molar-refractivity contribution in [2.24, 2.45) is 0 Å². The van der Waals surface area contributed by atoms with Gasteiger partial charge in [-0.1, -0.05) is 65.2 Å². The molecule has 0 heterocycles. The Balaban J connectivity index is -0.000000362. The summed E-state index contributed by atoms with van der Waals surface area (Å²) in [5.41, 5.74) is 0. The zero-order chi connectivity index (χ0) is 19.9. The number of aliphatic carboxylic acids is 1. The van der Waals surface area contributed by atoms with Gasteiger partial charge in [0.25, 0.3) is 0 Å². The van der Waals surface area contributed by atoms with Crippen LogP contribution in [-0.2, 0) is 14.3 Å². The van der Waals surface area contributed by atoms with Gasteiger partial charge in [0.2, 0.25) is 0 Å². The molecule has 2 N–H and O–H groups in total. The lowest BCUT2D eigenvalue weighted by molar-refractivity contribution is -0.140. The topological polar surface area (TPSA) is 83.8 Å². The highest BCUT2D eigenvalue weighted by molar-refractivity contribution is 5.66. The molecule has 5 heteroatoms. The molecule has 0 aliphatic carbocycles. The predicted octanol–water partition coefficient (Wildman–Crippen LogP) is 5.34. The highest BCUT2D eigenvalue weighted by atomic mass is 16.5. The summed E-state index contributed by atoms with van der Waals surface area (Å²) in [6.07, 6.45) is 12.2. The maximum Gasteiger partial charge on any atom is 0.303 e. The number of carbonyl (C=O) groups is 2. The van der Waals surface area contributed by atoms with Crippen LogP contribution in [0.4, 0.5) is 0 Å². The van der Waals surface area contributed by atoms with Gasteiger partial charge in [0.1, 0.15) is 0 Å². The summed E-state index contributed by atoms with van der Waals surface area (Å²) in [6, 6.07) is 0. The predicted molar refractivity (Wildman–Crippen MR) is 104 cm³/mol. The summed E-state index contributed by atoms with van der Waals surface area (Å²) in [6.45, 7) is 9.61. The Hall–Kier alpha value is -1.10. The summed E-state index contributed by atoms with van der Waals surface area (Å²) in [5.74, 6) is -0.870. The minimum Gasteiger partial charge on any atom is -0.481 e. The molecule has 0 radical (unpaired) electrons. The number of rotatable bonds is 12. The monoisotopic (exact) mass is 362 g/mol. The van der Waals surface area contributed by atoms with Crippen molar-refractivity contribution in [1.82, 2.24) is 0 Å². The molecule has 1 unspecified atom stereocenters. The van der Waals surface area contributed by atoms with E-state index in [1.54, 1.807) is 13.8 Å². The van der Waals surface area contributed by atoms with Crippen LogP contribution in [0.2, 0.25) is 0 Å². The van der Waals surface area contributed by atoms with Crippen LogP contribution in [0.1, 0.15) is 105 Å². The Morgan fingerprint density at radius 1 is 0.880 bits per heavy atom. The van der Waals surface area contributed by atoms with E-state index in [0.717, 1.165) is 19.3 Å². The maximum atomic E-state index is 10.2. The van der Waals surface area contributed by atoms with E-state index < -0.39 is 5.97 Å². The number of aliphatic hydroxyl groups excluding tert-OH is 1. The molecule has 0 aliphatic heterocycles. The molecule has 0 amide bonds. The number of aliphatic hydroxyl groups is 1. The van der Waals surface area contributed by atoms with Crippen LogP contribution in [0.3, 0.4) is 0 Å². The molecule has 152 valence electrons. The second kappa shape index (κ2) is 25.1. The zero-order valence-corrected chi connectivity index (χ0v) is 17.2. The van der Waals surface area contributed by atoms with E-state index in [0.29, 0.717) is 13.0 Å². The molecule has 25 heavy (non-hydrogen) atoms. The van der Waals surface area contributed by atoms with Crippen molar-refractivity contribution in [2.75, 3.05) is 6.61 Å². The van der Waals surface area contributed by atoms with Crippen LogP contribution < -0.4 is 0 Å². The third kappa shape index (κ3) is 45.1. The number of carboxylic acid groups (broad SMARTS) is 1. The first-order valence-electron chi connectivity index (χ1n) is 9.84. The van der Waals surface area contributed by atoms with E-state index in [-0.39, 0.29) is 12.1 Å². The van der Waals surface area contributed by atoms with Crippen molar-refractivity contribution >= 4 is 11.9 Å². The second-order valence-corrected chi connectivity index (χ2v) is 6.15. The first-order chi connectivity index (χ1) is 11.8. The molecule has 0 aromatic carbocycles. The SMILES string of the molecule is CCC(C)O.CCCCCCCCCCCC(=O)O.CCOC(C)=O. The van der Waals surface area contributed by atoms with Crippen molar-refractivity contribution in [3.63, 3.8) is 0 Å². The maximum absolute atomic E-state index is 10.2. The average molecular weight is 363 g/mol. The summed E-state index contributed by atoms with van der Waals surface area (Å²) >= 11 is 0. The van der Waals surface area contributed by atoms with Gasteiger partial charge in [-0.05, 0) is 26.7 Å². The van der Waals surface area contributed by atoms with Crippen LogP contribution in [0.5, 0.6) is 0 Å². The number of hydrogen-bond donors (Lipinski definition) is 2. The smallest absolute Gasteiger partial charge is 0.303 e. The first-order valence-corrected chi connectivity index (χ1v) is 9.84. The highest BCUT2D eigenvalue weighted by Gasteiger charge is 1.96. The standard InChI is InChI=1S/C12H24O2.C4H8O2.C4H10O/c1-2-3-4-5-6-7-8-9-10-11-12(13)14;1-3-6-4(2)5;1-3-4(2)5/h2-11H2,1H3,(H,13,14);3H2,1-2H3;4-5H,3H2,1-2H3. The number of carbonyl (C=O) groups excluding carboxylic acids is 1. The van der Waals surface area contributed by atoms with Crippen molar-refractivity contribution in [3.8, 4) is 0 Å². The molecule has 0 aromatic heterocycles. The van der Waals surface area contributed by atoms with E-state index >= 15 is 0 Å². The van der Waals surface area contributed by atoms with E-state index in [1.807, 2.05) is 6.92 Å². The average Bonchev–Trinajstić information content (AvgIpc) is 2.54. The van der Waals surface area contributed by atoms with Crippen LogP contribution in [0.15, 0.2) is 0 Å². The molecular formula is C20H42O5. The largest absolute Gasteiger partial charge is 0.481 e. The molecule has 0 saturated heterocycles. The fourth-order valence-electron chi connectivity index (χ4n) is 1.79. The number of carboxylic acids is 1. The fraction of sp³-hybridized carbons (Fsp3) is 0.900. The van der Waals surface area contributed by atoms with E-state index in [9.17, 15) is 9.59 Å². The molecule has 0 fully saturated rings. The van der Waals surface area contributed by atoms with E-state index in [4.69, 9.17) is 10.2 Å². The molecule has 0 bridgehead atoms. The lowest BCUT2D eigenvalue weighted by Gasteiger charge is -2.00. The quantitative estimate of drug-likeness (QED) is 0.362. The van der Waals surface area contributed by atoms with Gasteiger partial charge in [-0.2, -0.15) is 0 Å². The molecule has 0 rings (SSSR count). The van der Waals surface area contributed by atoms with Gasteiger partial charge >= 0.3 is 11.9 Å². The molecule has 0 aromatic rings. The van der Waals surface area contributed by atoms with Gasteiger partial charge in [-0.3, -0.25) is 9.59 Å². The zero-order valence-electron chi connectivity index (χ0n) is 17.2. The summed E-state index contributed by atoms with van der Waals surface area (Å²) in [7, 11) is 0. The van der Waals surface area contributed by atoms with E-state index in [2.05, 4.69) is 11.7 Å². The van der Waals surface area contributed by atoms with Gasteiger partial charge in [-0.15, -0.1) is 0 Å². The molecule has 0 spiro atoms. The van der Waals surface area contributed by atoms with Gasteiger partial charge in [-0.25, -0.2) is 0 Å². The molecule has 0 aliphatic rings. The van der Waals surface area contributed by atoms with Crippen molar-refractivity contribution in [3.05, 3.63) is 0 Å². The summed E-state index contributed by atoms with van der Waals surface area (Å²) < 4.78 is 4.40. The molecule has 5 nitrogen and oxygen atoms in total. The van der Waals surface area contributed by atoms with Crippen molar-refractivity contribution < 1.29 is 24.5 Å². The van der Waals surface area contributed by atoms with Crippen LogP contribution in [0.25, 0.3) is 0 Å². The van der Waals surface area contributed by atoms with Crippen LogP contribution in [0, 0.1) is 0 Å².